The van der Waals surface area contributed by atoms with Crippen molar-refractivity contribution in [1.29, 1.82) is 0 Å². The molecule has 3 N–H and O–H groups in total. The Labute approximate surface area is 179 Å². The van der Waals surface area contributed by atoms with E-state index < -0.39 is 12.1 Å². The average Bonchev–Trinajstić information content (AvgIpc) is 2.99. The molecule has 0 bridgehead atoms. The van der Waals surface area contributed by atoms with Crippen molar-refractivity contribution in [3.63, 3.8) is 0 Å². The number of carboxylic acid groups (broad SMARTS) is 1. The number of carboxylic acids is 1. The van der Waals surface area contributed by atoms with Crippen LogP contribution in [0.4, 0.5) is 18.3 Å². The Bertz CT molecular complexity index is 899. The fraction of sp³-hybridized carbons (Fsp3) is 0.389. The number of carbonyl (C=O) groups excluding carboxylic acids is 1. The van der Waals surface area contributed by atoms with Gasteiger partial charge in [-0.3, -0.25) is 10.1 Å². The lowest BCUT2D eigenvalue weighted by Gasteiger charge is -2.38. The fourth-order valence-corrected chi connectivity index (χ4v) is 3.28. The van der Waals surface area contributed by atoms with Crippen LogP contribution in [0.3, 0.4) is 0 Å². The van der Waals surface area contributed by atoms with Crippen molar-refractivity contribution in [1.82, 2.24) is 10.3 Å². The molecule has 0 atom stereocenters. The molecular formula is C18H19ClF3N3O4S. The van der Waals surface area contributed by atoms with Crippen LogP contribution in [0.5, 0.6) is 0 Å². The van der Waals surface area contributed by atoms with Gasteiger partial charge in [0.15, 0.2) is 5.13 Å². The first-order chi connectivity index (χ1) is 13.9. The third-order valence-corrected chi connectivity index (χ3v) is 5.09. The van der Waals surface area contributed by atoms with Gasteiger partial charge in [-0.15, -0.1) is 11.3 Å². The third kappa shape index (κ3) is 6.94. The second-order valence-corrected chi connectivity index (χ2v) is 8.26. The van der Waals surface area contributed by atoms with E-state index in [4.69, 9.17) is 26.2 Å². The van der Waals surface area contributed by atoms with Gasteiger partial charge in [-0.25, -0.2) is 9.78 Å². The van der Waals surface area contributed by atoms with Gasteiger partial charge < -0.3 is 15.2 Å². The zero-order valence-electron chi connectivity index (χ0n) is 16.0. The number of hydrogen-bond donors (Lipinski definition) is 3. The van der Waals surface area contributed by atoms with E-state index >= 15 is 0 Å². The highest BCUT2D eigenvalue weighted by Gasteiger charge is 2.38. The minimum Gasteiger partial charge on any atom is -0.475 e. The number of rotatable bonds is 5. The van der Waals surface area contributed by atoms with Crippen LogP contribution in [-0.2, 0) is 14.3 Å². The van der Waals surface area contributed by atoms with Gasteiger partial charge >= 0.3 is 12.1 Å². The van der Waals surface area contributed by atoms with Crippen molar-refractivity contribution < 1.29 is 32.6 Å². The molecule has 0 saturated carbocycles. The molecule has 1 fully saturated rings. The lowest BCUT2D eigenvalue weighted by Crippen LogP contribution is -2.59. The highest BCUT2D eigenvalue weighted by atomic mass is 35.5. The molecule has 0 aliphatic carbocycles. The smallest absolute Gasteiger partial charge is 0.475 e. The summed E-state index contributed by atoms with van der Waals surface area (Å²) in [5.74, 6) is -2.94. The monoisotopic (exact) mass is 465 g/mol. The first-order valence-electron chi connectivity index (χ1n) is 8.58. The Balaban J connectivity index is 0.000000396. The van der Waals surface area contributed by atoms with Crippen LogP contribution < -0.4 is 10.6 Å². The number of anilines is 1. The van der Waals surface area contributed by atoms with E-state index in [1.165, 1.54) is 11.3 Å². The van der Waals surface area contributed by atoms with Gasteiger partial charge in [-0.1, -0.05) is 23.7 Å². The van der Waals surface area contributed by atoms with E-state index in [2.05, 4.69) is 15.6 Å². The third-order valence-electron chi connectivity index (χ3n) is 3.95. The van der Waals surface area contributed by atoms with Crippen LogP contribution in [0, 0.1) is 6.92 Å². The summed E-state index contributed by atoms with van der Waals surface area (Å²) in [7, 11) is 0. The number of halogens is 4. The van der Waals surface area contributed by atoms with Gasteiger partial charge in [0.05, 0.1) is 11.3 Å². The van der Waals surface area contributed by atoms with Crippen molar-refractivity contribution in [2.45, 2.75) is 25.6 Å². The number of benzene rings is 1. The summed E-state index contributed by atoms with van der Waals surface area (Å²) in [6.45, 7) is 5.56. The maximum absolute atomic E-state index is 12.0. The standard InChI is InChI=1S/C16H18ClN3O2S.C2HF3O2/c1-10-14(11-3-5-12(17)6-4-11)20-15(23-10)19-13(21)7-22-16(2)8-18-9-16;3-2(4,5)1(6)7/h3-6,18H,7-9H2,1-2H3,(H,19,20,21);(H,6,7). The van der Waals surface area contributed by atoms with Crippen molar-refractivity contribution >= 4 is 39.9 Å². The summed E-state index contributed by atoms with van der Waals surface area (Å²) in [5.41, 5.74) is 1.61. The lowest BCUT2D eigenvalue weighted by atomic mass is 10.0. The van der Waals surface area contributed by atoms with Crippen LogP contribution in [0.1, 0.15) is 11.8 Å². The second kappa shape index (κ2) is 9.73. The van der Waals surface area contributed by atoms with E-state index in [-0.39, 0.29) is 18.1 Å². The van der Waals surface area contributed by atoms with Gasteiger partial charge in [0.25, 0.3) is 5.91 Å². The molecule has 1 aliphatic heterocycles. The minimum absolute atomic E-state index is 0.0348. The Morgan fingerprint density at radius 1 is 1.33 bits per heavy atom. The number of carbonyl (C=O) groups is 2. The Morgan fingerprint density at radius 3 is 2.37 bits per heavy atom. The van der Waals surface area contributed by atoms with Gasteiger partial charge in [-0.2, -0.15) is 13.2 Å². The van der Waals surface area contributed by atoms with Crippen LogP contribution >= 0.6 is 22.9 Å². The van der Waals surface area contributed by atoms with Gasteiger partial charge in [0.2, 0.25) is 0 Å². The fourth-order valence-electron chi connectivity index (χ4n) is 2.30. The SMILES string of the molecule is Cc1sc(NC(=O)COC2(C)CNC2)nc1-c1ccc(Cl)cc1.O=C(O)C(F)(F)F. The molecule has 12 heteroatoms. The van der Waals surface area contributed by atoms with E-state index in [1.54, 1.807) is 0 Å². The summed E-state index contributed by atoms with van der Waals surface area (Å²) in [6.07, 6.45) is -5.08. The minimum atomic E-state index is -5.08. The summed E-state index contributed by atoms with van der Waals surface area (Å²) in [4.78, 5) is 26.4. The van der Waals surface area contributed by atoms with Gasteiger partial charge in [0, 0.05) is 28.6 Å². The molecule has 1 aromatic carbocycles. The number of ether oxygens (including phenoxy) is 1. The summed E-state index contributed by atoms with van der Waals surface area (Å²) < 4.78 is 37.4. The normalized spacial score (nSPS) is 14.9. The molecule has 0 spiro atoms. The number of amides is 1. The molecule has 0 radical (unpaired) electrons. The molecule has 1 aliphatic rings. The summed E-state index contributed by atoms with van der Waals surface area (Å²) in [5, 5.41) is 14.3. The van der Waals surface area contributed by atoms with E-state index in [1.807, 2.05) is 38.1 Å². The zero-order chi connectivity index (χ0) is 22.5. The molecule has 164 valence electrons. The number of alkyl halides is 3. The quantitative estimate of drug-likeness (QED) is 0.622. The molecule has 2 heterocycles. The zero-order valence-corrected chi connectivity index (χ0v) is 17.5. The van der Waals surface area contributed by atoms with Crippen molar-refractivity contribution in [3.05, 3.63) is 34.2 Å². The second-order valence-electron chi connectivity index (χ2n) is 6.62. The number of aryl methyl sites for hydroxylation is 1. The van der Waals surface area contributed by atoms with E-state index in [0.717, 1.165) is 29.2 Å². The number of thiazole rings is 1. The number of hydrogen-bond acceptors (Lipinski definition) is 6. The van der Waals surface area contributed by atoms with Crippen LogP contribution in [0.25, 0.3) is 11.3 Å². The Morgan fingerprint density at radius 2 is 1.90 bits per heavy atom. The summed E-state index contributed by atoms with van der Waals surface area (Å²) >= 11 is 7.36. The maximum atomic E-state index is 12.0. The lowest BCUT2D eigenvalue weighted by molar-refractivity contribution is -0.192. The molecule has 1 amide bonds. The molecule has 2 aromatic rings. The largest absolute Gasteiger partial charge is 0.490 e. The topological polar surface area (TPSA) is 101 Å². The molecule has 7 nitrogen and oxygen atoms in total. The summed E-state index contributed by atoms with van der Waals surface area (Å²) in [6, 6.07) is 7.50. The van der Waals surface area contributed by atoms with Crippen LogP contribution in [0.2, 0.25) is 5.02 Å². The Kier molecular flexibility index (Phi) is 7.81. The highest BCUT2D eigenvalue weighted by Crippen LogP contribution is 2.31. The van der Waals surface area contributed by atoms with Gasteiger partial charge in [-0.05, 0) is 26.0 Å². The Hall–Kier alpha value is -2.21. The van der Waals surface area contributed by atoms with E-state index in [9.17, 15) is 18.0 Å². The molecule has 0 unspecified atom stereocenters. The molecule has 1 aromatic heterocycles. The number of nitrogens with one attached hydrogen (secondary N) is 2. The molecular weight excluding hydrogens is 447 g/mol. The van der Waals surface area contributed by atoms with Crippen molar-refractivity contribution in [2.24, 2.45) is 0 Å². The predicted octanol–water partition coefficient (Wildman–Crippen LogP) is 3.72. The number of aliphatic carboxylic acids is 1. The number of aromatic nitrogens is 1. The van der Waals surface area contributed by atoms with E-state index in [0.29, 0.717) is 10.2 Å². The van der Waals surface area contributed by atoms with Crippen molar-refractivity contribution in [3.8, 4) is 11.3 Å². The van der Waals surface area contributed by atoms with Crippen LogP contribution in [-0.4, -0.2) is 53.4 Å². The van der Waals surface area contributed by atoms with Crippen LogP contribution in [0.15, 0.2) is 24.3 Å². The highest BCUT2D eigenvalue weighted by molar-refractivity contribution is 7.16. The predicted molar refractivity (Wildman–Crippen MR) is 107 cm³/mol. The molecule has 3 rings (SSSR count). The first kappa shape index (κ1) is 24.1. The number of nitrogens with zero attached hydrogens (tertiary/aromatic N) is 1. The molecule has 1 saturated heterocycles. The van der Waals surface area contributed by atoms with Crippen molar-refractivity contribution in [2.75, 3.05) is 25.0 Å². The average molecular weight is 466 g/mol. The molecule has 30 heavy (non-hydrogen) atoms. The van der Waals surface area contributed by atoms with Gasteiger partial charge in [0.1, 0.15) is 6.61 Å². The first-order valence-corrected chi connectivity index (χ1v) is 9.77. The maximum Gasteiger partial charge on any atom is 0.490 e.